The number of carbonyl (C=O) groups excluding carboxylic acids is 2. The highest BCUT2D eigenvalue weighted by atomic mass is 19.1. The summed E-state index contributed by atoms with van der Waals surface area (Å²) in [4.78, 5) is 22.5. The molecule has 0 aliphatic heterocycles. The number of amides is 1. The molecule has 1 aliphatic rings. The third-order valence-electron chi connectivity index (χ3n) is 2.66. The molecule has 0 atom stereocenters. The van der Waals surface area contributed by atoms with Crippen molar-refractivity contribution in [3.8, 4) is 0 Å². The number of hydrogen-bond acceptors (Lipinski definition) is 3. The van der Waals surface area contributed by atoms with Gasteiger partial charge < -0.3 is 10.1 Å². The number of nitrogens with one attached hydrogen (secondary N) is 1. The van der Waals surface area contributed by atoms with Crippen LogP contribution in [0.25, 0.3) is 0 Å². The number of hydrogen-bond donors (Lipinski definition) is 1. The van der Waals surface area contributed by atoms with Crippen molar-refractivity contribution in [3.05, 3.63) is 29.6 Å². The van der Waals surface area contributed by atoms with Crippen molar-refractivity contribution >= 4 is 17.6 Å². The minimum atomic E-state index is -0.580. The van der Waals surface area contributed by atoms with E-state index >= 15 is 0 Å². The van der Waals surface area contributed by atoms with Crippen LogP contribution in [0.3, 0.4) is 0 Å². The van der Waals surface area contributed by atoms with Crippen molar-refractivity contribution in [1.29, 1.82) is 0 Å². The van der Waals surface area contributed by atoms with Crippen molar-refractivity contribution in [1.82, 2.24) is 0 Å². The Balaban J connectivity index is 2.06. The van der Waals surface area contributed by atoms with E-state index in [9.17, 15) is 14.0 Å². The van der Waals surface area contributed by atoms with E-state index in [-0.39, 0.29) is 11.3 Å². The van der Waals surface area contributed by atoms with E-state index in [1.807, 2.05) is 0 Å². The average Bonchev–Trinajstić information content (AvgIpc) is 3.12. The first kappa shape index (κ1) is 12.5. The van der Waals surface area contributed by atoms with Gasteiger partial charge in [0.25, 0.3) is 0 Å². The van der Waals surface area contributed by atoms with Crippen molar-refractivity contribution in [2.45, 2.75) is 19.8 Å². The van der Waals surface area contributed by atoms with Crippen LogP contribution in [0.2, 0.25) is 0 Å². The van der Waals surface area contributed by atoms with Gasteiger partial charge in [-0.1, -0.05) is 0 Å². The van der Waals surface area contributed by atoms with Crippen molar-refractivity contribution < 1.29 is 18.7 Å². The van der Waals surface area contributed by atoms with Gasteiger partial charge in [0.2, 0.25) is 5.91 Å². The monoisotopic (exact) mass is 251 g/mol. The molecule has 2 rings (SSSR count). The van der Waals surface area contributed by atoms with E-state index in [2.05, 4.69) is 5.32 Å². The van der Waals surface area contributed by atoms with Crippen molar-refractivity contribution in [2.24, 2.45) is 5.92 Å². The normalized spacial score (nSPS) is 14.1. The fraction of sp³-hybridized carbons (Fsp3) is 0.385. The molecule has 18 heavy (non-hydrogen) atoms. The molecule has 4 nitrogen and oxygen atoms in total. The maximum absolute atomic E-state index is 13.4. The summed E-state index contributed by atoms with van der Waals surface area (Å²) in [6, 6.07) is 3.76. The molecule has 0 aromatic heterocycles. The summed E-state index contributed by atoms with van der Waals surface area (Å²) in [5.41, 5.74) is 0.226. The van der Waals surface area contributed by atoms with E-state index in [1.54, 1.807) is 0 Å². The summed E-state index contributed by atoms with van der Waals surface area (Å²) >= 11 is 0. The molecule has 1 fully saturated rings. The maximum atomic E-state index is 13.4. The van der Waals surface area contributed by atoms with E-state index in [0.29, 0.717) is 12.5 Å². The number of benzene rings is 1. The minimum absolute atomic E-state index is 0.0108. The molecule has 1 N–H and O–H groups in total. The predicted octanol–water partition coefficient (Wildman–Crippen LogP) is 2.35. The van der Waals surface area contributed by atoms with Gasteiger partial charge in [0.05, 0.1) is 17.9 Å². The SMILES string of the molecule is CC(=O)Nc1cc(C(=O)OCC2CC2)ccc1F. The van der Waals surface area contributed by atoms with Crippen LogP contribution < -0.4 is 5.32 Å². The Morgan fingerprint density at radius 2 is 2.17 bits per heavy atom. The molecule has 1 aliphatic carbocycles. The summed E-state index contributed by atoms with van der Waals surface area (Å²) in [7, 11) is 0. The molecule has 0 spiro atoms. The Bertz CT molecular complexity index is 483. The lowest BCUT2D eigenvalue weighted by Gasteiger charge is -2.07. The second-order valence-corrected chi connectivity index (χ2v) is 4.42. The number of anilines is 1. The Kier molecular flexibility index (Phi) is 3.60. The highest BCUT2D eigenvalue weighted by molar-refractivity contribution is 5.93. The molecule has 96 valence electrons. The third-order valence-corrected chi connectivity index (χ3v) is 2.66. The zero-order valence-corrected chi connectivity index (χ0v) is 10.0. The highest BCUT2D eigenvalue weighted by Gasteiger charge is 2.23. The smallest absolute Gasteiger partial charge is 0.338 e. The lowest BCUT2D eigenvalue weighted by molar-refractivity contribution is -0.114. The van der Waals surface area contributed by atoms with E-state index < -0.39 is 17.7 Å². The number of rotatable bonds is 4. The number of carbonyl (C=O) groups is 2. The van der Waals surface area contributed by atoms with Gasteiger partial charge in [-0.25, -0.2) is 9.18 Å². The maximum Gasteiger partial charge on any atom is 0.338 e. The van der Waals surface area contributed by atoms with Gasteiger partial charge in [-0.15, -0.1) is 0 Å². The third kappa shape index (κ3) is 3.29. The van der Waals surface area contributed by atoms with Gasteiger partial charge in [0.1, 0.15) is 5.82 Å². The first-order chi connectivity index (χ1) is 8.56. The Hall–Kier alpha value is -1.91. The molecule has 0 radical (unpaired) electrons. The second kappa shape index (κ2) is 5.16. The topological polar surface area (TPSA) is 55.4 Å². The van der Waals surface area contributed by atoms with Gasteiger partial charge in [-0.3, -0.25) is 4.79 Å². The molecule has 0 unspecified atom stereocenters. The fourth-order valence-electron chi connectivity index (χ4n) is 1.50. The zero-order chi connectivity index (χ0) is 13.1. The van der Waals surface area contributed by atoms with Crippen molar-refractivity contribution in [2.75, 3.05) is 11.9 Å². The number of esters is 1. The molecule has 1 saturated carbocycles. The molecular weight excluding hydrogens is 237 g/mol. The van der Waals surface area contributed by atoms with Crippen LogP contribution in [0.15, 0.2) is 18.2 Å². The van der Waals surface area contributed by atoms with Crippen LogP contribution in [0.1, 0.15) is 30.1 Å². The van der Waals surface area contributed by atoms with Crippen LogP contribution in [0.5, 0.6) is 0 Å². The molecule has 1 aromatic carbocycles. The standard InChI is InChI=1S/C13H14FNO3/c1-8(16)15-12-6-10(4-5-11(12)14)13(17)18-7-9-2-3-9/h4-6,9H,2-3,7H2,1H3,(H,15,16). The summed E-state index contributed by atoms with van der Waals surface area (Å²) in [5.74, 6) is -0.987. The average molecular weight is 251 g/mol. The summed E-state index contributed by atoms with van der Waals surface area (Å²) in [6.07, 6.45) is 2.18. The van der Waals surface area contributed by atoms with Crippen LogP contribution in [0.4, 0.5) is 10.1 Å². The minimum Gasteiger partial charge on any atom is -0.462 e. The fourth-order valence-corrected chi connectivity index (χ4v) is 1.50. The molecule has 0 heterocycles. The van der Waals surface area contributed by atoms with Gasteiger partial charge in [0.15, 0.2) is 0 Å². The van der Waals surface area contributed by atoms with Crippen LogP contribution in [-0.4, -0.2) is 18.5 Å². The molecule has 5 heteroatoms. The molecule has 0 bridgehead atoms. The molecule has 1 amide bonds. The lowest BCUT2D eigenvalue weighted by atomic mass is 10.2. The molecule has 0 saturated heterocycles. The Morgan fingerprint density at radius 3 is 2.78 bits per heavy atom. The summed E-state index contributed by atoms with van der Waals surface area (Å²) < 4.78 is 18.4. The quantitative estimate of drug-likeness (QED) is 0.836. The zero-order valence-electron chi connectivity index (χ0n) is 10.0. The lowest BCUT2D eigenvalue weighted by Crippen LogP contribution is -2.11. The van der Waals surface area contributed by atoms with Gasteiger partial charge in [-0.05, 0) is 37.0 Å². The van der Waals surface area contributed by atoms with Gasteiger partial charge >= 0.3 is 5.97 Å². The van der Waals surface area contributed by atoms with E-state index in [4.69, 9.17) is 4.74 Å². The van der Waals surface area contributed by atoms with Gasteiger partial charge in [0, 0.05) is 6.92 Å². The first-order valence-electron chi connectivity index (χ1n) is 5.80. The summed E-state index contributed by atoms with van der Waals surface area (Å²) in [6.45, 7) is 1.68. The summed E-state index contributed by atoms with van der Waals surface area (Å²) in [5, 5.41) is 2.32. The Labute approximate surface area is 104 Å². The molecule has 1 aromatic rings. The predicted molar refractivity (Wildman–Crippen MR) is 63.7 cm³/mol. The molecular formula is C13H14FNO3. The highest BCUT2D eigenvalue weighted by Crippen LogP contribution is 2.29. The van der Waals surface area contributed by atoms with Crippen molar-refractivity contribution in [3.63, 3.8) is 0 Å². The number of halogens is 1. The van der Waals surface area contributed by atoms with Gasteiger partial charge in [-0.2, -0.15) is 0 Å². The van der Waals surface area contributed by atoms with E-state index in [1.165, 1.54) is 19.1 Å². The first-order valence-corrected chi connectivity index (χ1v) is 5.80. The Morgan fingerprint density at radius 1 is 1.44 bits per heavy atom. The van der Waals surface area contributed by atoms with Crippen LogP contribution in [-0.2, 0) is 9.53 Å². The van der Waals surface area contributed by atoms with E-state index in [0.717, 1.165) is 18.9 Å². The van der Waals surface area contributed by atoms with Crippen LogP contribution in [0, 0.1) is 11.7 Å². The second-order valence-electron chi connectivity index (χ2n) is 4.42. The van der Waals surface area contributed by atoms with Crippen LogP contribution >= 0.6 is 0 Å². The largest absolute Gasteiger partial charge is 0.462 e. The number of ether oxygens (including phenoxy) is 1.